The number of carbonyl (C=O) groups is 2. The molecule has 0 aliphatic carbocycles. The number of hydrogen-bond donors (Lipinski definition) is 0. The number of ether oxygens (including phenoxy) is 2. The third-order valence-corrected chi connectivity index (χ3v) is 15.4. The van der Waals surface area contributed by atoms with E-state index in [1.54, 1.807) is 0 Å². The SMILES string of the molecule is CCCCCCCCCCCCCCN(CCCn1ccnc1)C(CCCCCCCCC(=O)OCC(CCCC)CCCCCC)CCCCCCCCC(=O)OCC(CCCC)CCCCCC. The van der Waals surface area contributed by atoms with E-state index < -0.39 is 0 Å². The number of nitrogens with zero attached hydrogens (tertiary/aromatic N) is 3. The third-order valence-electron chi connectivity index (χ3n) is 15.4. The zero-order valence-electron chi connectivity index (χ0n) is 47.8. The third kappa shape index (κ3) is 42.6. The van der Waals surface area contributed by atoms with E-state index in [0.29, 0.717) is 43.9 Å². The molecule has 70 heavy (non-hydrogen) atoms. The molecule has 0 bridgehead atoms. The van der Waals surface area contributed by atoms with Crippen molar-refractivity contribution in [1.82, 2.24) is 14.5 Å². The summed E-state index contributed by atoms with van der Waals surface area (Å²) in [6.07, 6.45) is 62.1. The van der Waals surface area contributed by atoms with Gasteiger partial charge in [-0.1, -0.05) is 247 Å². The summed E-state index contributed by atoms with van der Waals surface area (Å²) in [7, 11) is 0. The number of carbonyl (C=O) groups excluding carboxylic acids is 2. The van der Waals surface area contributed by atoms with Gasteiger partial charge in [0.15, 0.2) is 0 Å². The molecular formula is C63H121N3O4. The lowest BCUT2D eigenvalue weighted by atomic mass is 9.96. The normalized spacial score (nSPS) is 13.0. The van der Waals surface area contributed by atoms with Gasteiger partial charge in [0.2, 0.25) is 0 Å². The minimum absolute atomic E-state index is 0.0220. The summed E-state index contributed by atoms with van der Waals surface area (Å²) in [5, 5.41) is 0. The largest absolute Gasteiger partial charge is 0.465 e. The summed E-state index contributed by atoms with van der Waals surface area (Å²) >= 11 is 0. The average molecular weight is 985 g/mol. The second-order valence-electron chi connectivity index (χ2n) is 22.1. The fourth-order valence-corrected chi connectivity index (χ4v) is 10.6. The highest BCUT2D eigenvalue weighted by atomic mass is 16.5. The topological polar surface area (TPSA) is 73.7 Å². The van der Waals surface area contributed by atoms with Gasteiger partial charge >= 0.3 is 11.9 Å². The summed E-state index contributed by atoms with van der Waals surface area (Å²) in [5.74, 6) is 1.12. The van der Waals surface area contributed by atoms with Crippen molar-refractivity contribution in [3.63, 3.8) is 0 Å². The Labute approximate surface area is 436 Å². The molecule has 7 heteroatoms. The molecule has 1 heterocycles. The summed E-state index contributed by atoms with van der Waals surface area (Å²) in [6.45, 7) is 16.1. The van der Waals surface area contributed by atoms with Crippen LogP contribution in [0.2, 0.25) is 0 Å². The van der Waals surface area contributed by atoms with Crippen LogP contribution < -0.4 is 0 Å². The highest BCUT2D eigenvalue weighted by molar-refractivity contribution is 5.69. The lowest BCUT2D eigenvalue weighted by Gasteiger charge is -2.32. The molecule has 1 aromatic heterocycles. The minimum Gasteiger partial charge on any atom is -0.465 e. The van der Waals surface area contributed by atoms with E-state index in [1.807, 2.05) is 12.5 Å². The van der Waals surface area contributed by atoms with Crippen LogP contribution in [0, 0.1) is 11.8 Å². The van der Waals surface area contributed by atoms with Gasteiger partial charge in [-0.2, -0.15) is 0 Å². The van der Waals surface area contributed by atoms with E-state index in [2.05, 4.69) is 55.3 Å². The molecule has 0 N–H and O–H groups in total. The first kappa shape index (κ1) is 66.1. The zero-order valence-corrected chi connectivity index (χ0v) is 47.8. The maximum Gasteiger partial charge on any atom is 0.305 e. The Morgan fingerprint density at radius 2 is 0.757 bits per heavy atom. The molecule has 0 aliphatic rings. The number of rotatable bonds is 56. The molecule has 1 rings (SSSR count). The molecule has 0 saturated carbocycles. The number of aromatic nitrogens is 2. The Bertz CT molecular complexity index is 1150. The van der Waals surface area contributed by atoms with Crippen molar-refractivity contribution >= 4 is 11.9 Å². The van der Waals surface area contributed by atoms with E-state index >= 15 is 0 Å². The van der Waals surface area contributed by atoms with Gasteiger partial charge in [-0.05, 0) is 82.6 Å². The van der Waals surface area contributed by atoms with Crippen LogP contribution in [0.15, 0.2) is 18.7 Å². The standard InChI is InChI=1S/C63H121N3O4/c1-6-11-16-19-20-21-22-23-24-29-34-41-53-66(54-42-52-65-55-51-64-58-65)61(47-37-30-25-27-32-39-49-62(67)69-56-59(43-14-9-4)45-35-17-12-7-2)48-38-31-26-28-33-40-50-63(68)70-57-60(44-15-10-5)46-36-18-13-8-3/h51,55,58-61H,6-50,52-54,56-57H2,1-5H3. The van der Waals surface area contributed by atoms with Crippen molar-refractivity contribution in [2.75, 3.05) is 26.3 Å². The second kappa shape index (κ2) is 52.0. The van der Waals surface area contributed by atoms with Crippen LogP contribution in [0.5, 0.6) is 0 Å². The number of esters is 2. The smallest absolute Gasteiger partial charge is 0.305 e. The van der Waals surface area contributed by atoms with E-state index in [0.717, 1.165) is 32.2 Å². The molecule has 0 fully saturated rings. The molecule has 7 nitrogen and oxygen atoms in total. The molecule has 0 spiro atoms. The number of imidazole rings is 1. The van der Waals surface area contributed by atoms with Gasteiger partial charge in [0, 0.05) is 44.4 Å². The van der Waals surface area contributed by atoms with Gasteiger partial charge in [0.25, 0.3) is 0 Å². The first-order valence-corrected chi connectivity index (χ1v) is 31.5. The molecule has 0 saturated heterocycles. The average Bonchev–Trinajstić information content (AvgIpc) is 3.89. The Hall–Kier alpha value is -1.89. The first-order chi connectivity index (χ1) is 34.5. The van der Waals surface area contributed by atoms with Gasteiger partial charge in [0.05, 0.1) is 19.5 Å². The monoisotopic (exact) mass is 984 g/mol. The second-order valence-corrected chi connectivity index (χ2v) is 22.1. The Kier molecular flexibility index (Phi) is 49.1. The zero-order chi connectivity index (χ0) is 50.6. The summed E-state index contributed by atoms with van der Waals surface area (Å²) in [5.41, 5.74) is 0. The van der Waals surface area contributed by atoms with Crippen molar-refractivity contribution in [2.24, 2.45) is 11.8 Å². The first-order valence-electron chi connectivity index (χ1n) is 31.5. The van der Waals surface area contributed by atoms with Crippen molar-refractivity contribution in [2.45, 2.75) is 336 Å². The molecule has 0 radical (unpaired) electrons. The van der Waals surface area contributed by atoms with Crippen LogP contribution in [0.1, 0.15) is 324 Å². The summed E-state index contributed by atoms with van der Waals surface area (Å²) in [6, 6.07) is 0.653. The summed E-state index contributed by atoms with van der Waals surface area (Å²) in [4.78, 5) is 32.6. The molecule has 1 aromatic rings. The maximum absolute atomic E-state index is 12.7. The molecule has 2 atom stereocenters. The number of unbranched alkanes of at least 4 members (excludes halogenated alkanes) is 29. The van der Waals surface area contributed by atoms with Crippen molar-refractivity contribution < 1.29 is 19.1 Å². The van der Waals surface area contributed by atoms with E-state index in [9.17, 15) is 9.59 Å². The highest BCUT2D eigenvalue weighted by Crippen LogP contribution is 2.23. The molecule has 412 valence electrons. The lowest BCUT2D eigenvalue weighted by Crippen LogP contribution is -2.37. The van der Waals surface area contributed by atoms with Crippen LogP contribution >= 0.6 is 0 Å². The predicted octanol–water partition coefficient (Wildman–Crippen LogP) is 19.5. The van der Waals surface area contributed by atoms with E-state index in [-0.39, 0.29) is 11.9 Å². The number of aryl methyl sites for hydroxylation is 1. The minimum atomic E-state index is 0.0220. The fourth-order valence-electron chi connectivity index (χ4n) is 10.6. The van der Waals surface area contributed by atoms with Crippen molar-refractivity contribution in [3.05, 3.63) is 18.7 Å². The Morgan fingerprint density at radius 1 is 0.414 bits per heavy atom. The molecule has 0 aromatic carbocycles. The fraction of sp³-hybridized carbons (Fsp3) is 0.921. The van der Waals surface area contributed by atoms with Gasteiger partial charge < -0.3 is 18.9 Å². The van der Waals surface area contributed by atoms with Crippen LogP contribution in [-0.4, -0.2) is 58.7 Å². The van der Waals surface area contributed by atoms with Gasteiger partial charge in [0.1, 0.15) is 0 Å². The summed E-state index contributed by atoms with van der Waals surface area (Å²) < 4.78 is 13.9. The Morgan fingerprint density at radius 3 is 1.17 bits per heavy atom. The quantitative estimate of drug-likeness (QED) is 0.0478. The Balaban J connectivity index is 2.63. The lowest BCUT2D eigenvalue weighted by molar-refractivity contribution is -0.146. The highest BCUT2D eigenvalue weighted by Gasteiger charge is 2.19. The van der Waals surface area contributed by atoms with Crippen LogP contribution in [0.25, 0.3) is 0 Å². The van der Waals surface area contributed by atoms with Crippen LogP contribution in [0.4, 0.5) is 0 Å². The maximum atomic E-state index is 12.7. The van der Waals surface area contributed by atoms with Crippen molar-refractivity contribution in [3.8, 4) is 0 Å². The van der Waals surface area contributed by atoms with Gasteiger partial charge in [-0.25, -0.2) is 4.98 Å². The molecule has 2 unspecified atom stereocenters. The predicted molar refractivity (Wildman–Crippen MR) is 303 cm³/mol. The molecular weight excluding hydrogens is 863 g/mol. The van der Waals surface area contributed by atoms with E-state index in [1.165, 1.54) is 264 Å². The molecule has 0 amide bonds. The van der Waals surface area contributed by atoms with Gasteiger partial charge in [-0.15, -0.1) is 0 Å². The van der Waals surface area contributed by atoms with Crippen LogP contribution in [-0.2, 0) is 25.6 Å². The molecule has 0 aliphatic heterocycles. The van der Waals surface area contributed by atoms with Crippen molar-refractivity contribution in [1.29, 1.82) is 0 Å². The van der Waals surface area contributed by atoms with Crippen LogP contribution in [0.3, 0.4) is 0 Å². The van der Waals surface area contributed by atoms with Gasteiger partial charge in [-0.3, -0.25) is 9.59 Å². The number of hydrogen-bond acceptors (Lipinski definition) is 6. The van der Waals surface area contributed by atoms with E-state index in [4.69, 9.17) is 9.47 Å².